The lowest BCUT2D eigenvalue weighted by molar-refractivity contribution is -0.163. The van der Waals surface area contributed by atoms with Crippen molar-refractivity contribution in [2.24, 2.45) is 0 Å². The van der Waals surface area contributed by atoms with E-state index in [0.717, 1.165) is 36.8 Å². The van der Waals surface area contributed by atoms with E-state index < -0.39 is 23.8 Å². The van der Waals surface area contributed by atoms with E-state index in [9.17, 15) is 20.1 Å². The lowest BCUT2D eigenvalue weighted by Gasteiger charge is -2.31. The third-order valence-electron chi connectivity index (χ3n) is 12.3. The number of hydrogen-bond acceptors (Lipinski definition) is 7. The monoisotopic (exact) mass is 859 g/mol. The van der Waals surface area contributed by atoms with E-state index >= 15 is 0 Å². The Hall–Kier alpha value is -1.97. The first-order chi connectivity index (χ1) is 29.9. The fourth-order valence-electron chi connectivity index (χ4n) is 8.33. The van der Waals surface area contributed by atoms with Crippen molar-refractivity contribution in [3.05, 3.63) is 35.4 Å². The number of hydrogen-bond donors (Lipinski definition) is 3. The van der Waals surface area contributed by atoms with Crippen molar-refractivity contribution in [3.63, 3.8) is 0 Å². The average Bonchev–Trinajstić information content (AvgIpc) is 3.26. The Balaban J connectivity index is 1.47. The Bertz CT molecular complexity index is 1190. The second kappa shape index (κ2) is 38.5. The molecule has 354 valence electrons. The van der Waals surface area contributed by atoms with Crippen LogP contribution in [0.1, 0.15) is 230 Å². The minimum absolute atomic E-state index is 0.114. The van der Waals surface area contributed by atoms with Crippen LogP contribution in [0.15, 0.2) is 24.3 Å². The molecule has 0 aromatic heterocycles. The Morgan fingerprint density at radius 1 is 0.541 bits per heavy atom. The van der Waals surface area contributed by atoms with E-state index in [2.05, 4.69) is 13.8 Å². The number of aliphatic hydroxyl groups is 2. The van der Waals surface area contributed by atoms with Crippen molar-refractivity contribution in [2.45, 2.75) is 244 Å². The van der Waals surface area contributed by atoms with Gasteiger partial charge in [-0.1, -0.05) is 219 Å². The van der Waals surface area contributed by atoms with E-state index in [0.29, 0.717) is 19.0 Å². The molecule has 1 aliphatic carbocycles. The fourth-order valence-corrected chi connectivity index (χ4v) is 8.33. The minimum Gasteiger partial charge on any atom is -0.491 e. The van der Waals surface area contributed by atoms with Crippen LogP contribution in [0.3, 0.4) is 0 Å². The molecule has 3 N–H and O–H groups in total. The van der Waals surface area contributed by atoms with Crippen LogP contribution in [-0.4, -0.2) is 78.7 Å². The molecule has 0 saturated heterocycles. The quantitative estimate of drug-likeness (QED) is 0.0556. The number of aliphatic carboxylic acids is 1. The number of rotatable bonds is 45. The van der Waals surface area contributed by atoms with Crippen LogP contribution in [0.4, 0.5) is 0 Å². The van der Waals surface area contributed by atoms with Crippen LogP contribution in [0.5, 0.6) is 5.75 Å². The number of carboxylic acids is 1. The maximum atomic E-state index is 12.4. The number of carbonyl (C=O) groups is 1. The highest BCUT2D eigenvalue weighted by atomic mass is 16.5. The molecule has 1 aromatic rings. The summed E-state index contributed by atoms with van der Waals surface area (Å²) in [6.45, 7) is 6.12. The molecule has 0 heterocycles. The second-order valence-corrected chi connectivity index (χ2v) is 18.3. The van der Waals surface area contributed by atoms with Gasteiger partial charge in [-0.25, -0.2) is 4.79 Å². The Morgan fingerprint density at radius 2 is 0.918 bits per heavy atom. The SMILES string of the molecule is CCCCCCCCCCCCCCCCCCOCC(O)COc1ccc2c(c1)C=CC(OCC(O)COCCCCCCCCCCCCCCCCCC)(C(=O)O)C2. The largest absolute Gasteiger partial charge is 0.491 e. The highest BCUT2D eigenvalue weighted by molar-refractivity contribution is 5.84. The molecule has 8 heteroatoms. The van der Waals surface area contributed by atoms with Crippen LogP contribution < -0.4 is 4.74 Å². The number of benzene rings is 1. The fraction of sp³-hybridized carbons (Fsp3) is 0.830. The highest BCUT2D eigenvalue weighted by Crippen LogP contribution is 2.32. The third-order valence-corrected chi connectivity index (χ3v) is 12.3. The first kappa shape index (κ1) is 55.2. The first-order valence-electron chi connectivity index (χ1n) is 25.7. The highest BCUT2D eigenvalue weighted by Gasteiger charge is 2.40. The summed E-state index contributed by atoms with van der Waals surface area (Å²) >= 11 is 0. The molecule has 3 atom stereocenters. The molecule has 0 saturated carbocycles. The number of fused-ring (bicyclic) bond motifs is 1. The van der Waals surface area contributed by atoms with E-state index in [4.69, 9.17) is 18.9 Å². The summed E-state index contributed by atoms with van der Waals surface area (Å²) in [4.78, 5) is 12.4. The van der Waals surface area contributed by atoms with E-state index in [1.54, 1.807) is 18.2 Å². The number of aliphatic hydroxyl groups excluding tert-OH is 2. The normalized spacial score (nSPS) is 15.9. The molecule has 0 aliphatic heterocycles. The molecule has 2 rings (SSSR count). The lowest BCUT2D eigenvalue weighted by Crippen LogP contribution is -2.45. The summed E-state index contributed by atoms with van der Waals surface area (Å²) in [5.41, 5.74) is 0.0913. The zero-order valence-corrected chi connectivity index (χ0v) is 39.5. The predicted octanol–water partition coefficient (Wildman–Crippen LogP) is 13.8. The van der Waals surface area contributed by atoms with Crippen molar-refractivity contribution >= 4 is 12.0 Å². The van der Waals surface area contributed by atoms with E-state index in [1.807, 2.05) is 12.1 Å². The zero-order valence-electron chi connectivity index (χ0n) is 39.5. The third kappa shape index (κ3) is 29.2. The zero-order chi connectivity index (χ0) is 43.9. The van der Waals surface area contributed by atoms with E-state index in [1.165, 1.54) is 180 Å². The number of ether oxygens (including phenoxy) is 4. The maximum absolute atomic E-state index is 12.4. The summed E-state index contributed by atoms with van der Waals surface area (Å²) in [5, 5.41) is 31.1. The lowest BCUT2D eigenvalue weighted by atomic mass is 9.85. The van der Waals surface area contributed by atoms with Gasteiger partial charge in [-0.3, -0.25) is 0 Å². The molecule has 1 aliphatic rings. The molecule has 1 aromatic carbocycles. The van der Waals surface area contributed by atoms with Gasteiger partial charge >= 0.3 is 5.97 Å². The Kier molecular flexibility index (Phi) is 34.8. The van der Waals surface area contributed by atoms with Crippen LogP contribution >= 0.6 is 0 Å². The van der Waals surface area contributed by atoms with Gasteiger partial charge in [-0.05, 0) is 42.2 Å². The molecule has 8 nitrogen and oxygen atoms in total. The molecule has 0 bridgehead atoms. The summed E-state index contributed by atoms with van der Waals surface area (Å²) in [6.07, 6.45) is 44.3. The first-order valence-corrected chi connectivity index (χ1v) is 25.7. The Labute approximate surface area is 374 Å². The standard InChI is InChI=1S/C53H94O8/c1-3-5-7-9-11-13-15-17-19-21-23-25-27-29-31-33-39-58-43-49(54)45-60-51-36-35-48-42-53(52(56)57,38-37-47(48)41-51)61-46-50(55)44-59-40-34-32-30-28-26-24-22-20-18-16-14-12-10-8-6-4-2/h35-38,41,49-50,54-55H,3-34,39-40,42-46H2,1-2H3,(H,56,57). The maximum Gasteiger partial charge on any atom is 0.340 e. The van der Waals surface area contributed by atoms with Gasteiger partial charge in [0.1, 0.15) is 24.6 Å². The van der Waals surface area contributed by atoms with Gasteiger partial charge < -0.3 is 34.3 Å². The van der Waals surface area contributed by atoms with E-state index in [-0.39, 0.29) is 32.8 Å². The van der Waals surface area contributed by atoms with Crippen molar-refractivity contribution in [2.75, 3.05) is 39.6 Å². The smallest absolute Gasteiger partial charge is 0.340 e. The molecule has 61 heavy (non-hydrogen) atoms. The molecular formula is C53H94O8. The van der Waals surface area contributed by atoms with Crippen LogP contribution in [0.25, 0.3) is 6.08 Å². The topological polar surface area (TPSA) is 115 Å². The van der Waals surface area contributed by atoms with Gasteiger partial charge in [-0.2, -0.15) is 0 Å². The summed E-state index contributed by atoms with van der Waals surface area (Å²) in [6, 6.07) is 5.48. The van der Waals surface area contributed by atoms with Crippen molar-refractivity contribution < 1.29 is 39.1 Å². The summed E-state index contributed by atoms with van der Waals surface area (Å²) in [7, 11) is 0. The number of carboxylic acid groups (broad SMARTS) is 1. The van der Waals surface area contributed by atoms with Crippen LogP contribution in [-0.2, 0) is 25.4 Å². The Morgan fingerprint density at radius 3 is 1.31 bits per heavy atom. The molecule has 0 amide bonds. The predicted molar refractivity (Wildman–Crippen MR) is 254 cm³/mol. The van der Waals surface area contributed by atoms with Gasteiger partial charge in [-0.15, -0.1) is 0 Å². The minimum atomic E-state index is -1.57. The van der Waals surface area contributed by atoms with Crippen molar-refractivity contribution in [3.8, 4) is 5.75 Å². The van der Waals surface area contributed by atoms with Crippen molar-refractivity contribution in [1.82, 2.24) is 0 Å². The molecule has 3 unspecified atom stereocenters. The molecular weight excluding hydrogens is 765 g/mol. The summed E-state index contributed by atoms with van der Waals surface area (Å²) in [5.74, 6) is -0.500. The van der Waals surface area contributed by atoms with Gasteiger partial charge in [0.05, 0.1) is 19.8 Å². The molecule has 0 fully saturated rings. The van der Waals surface area contributed by atoms with Crippen LogP contribution in [0, 0.1) is 0 Å². The van der Waals surface area contributed by atoms with Gasteiger partial charge in [0.2, 0.25) is 0 Å². The average molecular weight is 859 g/mol. The summed E-state index contributed by atoms with van der Waals surface area (Å²) < 4.78 is 23.1. The van der Waals surface area contributed by atoms with Gasteiger partial charge in [0, 0.05) is 19.6 Å². The second-order valence-electron chi connectivity index (χ2n) is 18.3. The van der Waals surface area contributed by atoms with Crippen LogP contribution in [0.2, 0.25) is 0 Å². The van der Waals surface area contributed by atoms with Crippen molar-refractivity contribution in [1.29, 1.82) is 0 Å². The molecule has 0 spiro atoms. The molecule has 0 radical (unpaired) electrons. The van der Waals surface area contributed by atoms with Gasteiger partial charge in [0.15, 0.2) is 5.60 Å². The van der Waals surface area contributed by atoms with Gasteiger partial charge in [0.25, 0.3) is 0 Å². The number of unbranched alkanes of at least 4 members (excludes halogenated alkanes) is 30.